The second-order valence-electron chi connectivity index (χ2n) is 6.63. The smallest absolute Gasteiger partial charge is 0.342 e. The number of amides is 1. The zero-order valence-corrected chi connectivity index (χ0v) is 17.5. The van der Waals surface area contributed by atoms with Gasteiger partial charge < -0.3 is 14.8 Å². The summed E-state index contributed by atoms with van der Waals surface area (Å²) in [4.78, 5) is 35.9. The van der Waals surface area contributed by atoms with Gasteiger partial charge in [0.1, 0.15) is 17.9 Å². The fourth-order valence-corrected chi connectivity index (χ4v) is 2.92. The van der Waals surface area contributed by atoms with Crippen molar-refractivity contribution in [3.63, 3.8) is 0 Å². The van der Waals surface area contributed by atoms with Crippen molar-refractivity contribution in [1.82, 2.24) is 0 Å². The van der Waals surface area contributed by atoms with Gasteiger partial charge in [0.05, 0.1) is 0 Å². The predicted molar refractivity (Wildman–Crippen MR) is 118 cm³/mol. The summed E-state index contributed by atoms with van der Waals surface area (Å²) in [6.45, 7) is 1.18. The first-order valence-corrected chi connectivity index (χ1v) is 9.85. The Hall–Kier alpha value is -3.64. The number of hydrogen-bond acceptors (Lipinski definition) is 5. The minimum atomic E-state index is -0.683. The van der Waals surface area contributed by atoms with Gasteiger partial charge in [-0.25, -0.2) is 4.79 Å². The highest BCUT2D eigenvalue weighted by atomic mass is 35.5. The molecule has 3 aromatic carbocycles. The van der Waals surface area contributed by atoms with Crippen LogP contribution < -0.4 is 10.1 Å². The van der Waals surface area contributed by atoms with Gasteiger partial charge in [0, 0.05) is 21.8 Å². The summed E-state index contributed by atoms with van der Waals surface area (Å²) in [6.07, 6.45) is 0. The summed E-state index contributed by atoms with van der Waals surface area (Å²) >= 11 is 6.14. The maximum atomic E-state index is 12.5. The van der Waals surface area contributed by atoms with Crippen LogP contribution in [0.1, 0.15) is 33.2 Å². The number of anilines is 1. The van der Waals surface area contributed by atoms with E-state index in [0.717, 1.165) is 5.56 Å². The summed E-state index contributed by atoms with van der Waals surface area (Å²) in [6, 6.07) is 20.3. The van der Waals surface area contributed by atoms with Crippen molar-refractivity contribution in [3.05, 3.63) is 94.5 Å². The lowest BCUT2D eigenvalue weighted by Gasteiger charge is -2.12. The Labute approximate surface area is 184 Å². The van der Waals surface area contributed by atoms with Crippen molar-refractivity contribution in [3.8, 4) is 5.75 Å². The molecule has 0 fully saturated rings. The number of para-hydroxylation sites is 1. The van der Waals surface area contributed by atoms with Gasteiger partial charge in [-0.1, -0.05) is 41.9 Å². The van der Waals surface area contributed by atoms with E-state index in [4.69, 9.17) is 21.1 Å². The molecular weight excluding hydrogens is 418 g/mol. The Bertz CT molecular complexity index is 1100. The number of halogens is 1. The number of hydrogen-bond donors (Lipinski definition) is 1. The molecule has 0 aliphatic carbocycles. The highest BCUT2D eigenvalue weighted by Gasteiger charge is 2.16. The molecule has 0 saturated heterocycles. The van der Waals surface area contributed by atoms with E-state index in [2.05, 4.69) is 5.32 Å². The molecule has 1 amide bonds. The van der Waals surface area contributed by atoms with Crippen LogP contribution in [0.4, 0.5) is 5.69 Å². The average molecular weight is 438 g/mol. The number of carbonyl (C=O) groups excluding carboxylic acids is 3. The van der Waals surface area contributed by atoms with E-state index >= 15 is 0 Å². The fraction of sp³-hybridized carbons (Fsp3) is 0.125. The van der Waals surface area contributed by atoms with Crippen molar-refractivity contribution in [2.75, 3.05) is 11.9 Å². The van der Waals surface area contributed by atoms with Gasteiger partial charge in [0.2, 0.25) is 0 Å². The Morgan fingerprint density at radius 2 is 1.58 bits per heavy atom. The monoisotopic (exact) mass is 437 g/mol. The Kier molecular flexibility index (Phi) is 7.40. The van der Waals surface area contributed by atoms with Gasteiger partial charge >= 0.3 is 5.97 Å². The molecule has 1 N–H and O–H groups in total. The van der Waals surface area contributed by atoms with Crippen LogP contribution in [-0.4, -0.2) is 24.3 Å². The molecule has 6 nitrogen and oxygen atoms in total. The summed E-state index contributed by atoms with van der Waals surface area (Å²) < 4.78 is 10.9. The molecule has 0 aliphatic rings. The van der Waals surface area contributed by atoms with Crippen molar-refractivity contribution in [1.29, 1.82) is 0 Å². The molecule has 0 heterocycles. The first-order chi connectivity index (χ1) is 14.9. The third-order valence-electron chi connectivity index (χ3n) is 4.36. The molecule has 3 rings (SSSR count). The first-order valence-electron chi connectivity index (χ1n) is 9.47. The summed E-state index contributed by atoms with van der Waals surface area (Å²) in [7, 11) is 0. The van der Waals surface area contributed by atoms with E-state index in [1.54, 1.807) is 54.6 Å². The van der Waals surface area contributed by atoms with Crippen LogP contribution >= 0.6 is 11.6 Å². The van der Waals surface area contributed by atoms with E-state index in [-0.39, 0.29) is 18.0 Å². The van der Waals surface area contributed by atoms with Crippen LogP contribution in [0.3, 0.4) is 0 Å². The van der Waals surface area contributed by atoms with Crippen molar-refractivity contribution < 1.29 is 23.9 Å². The van der Waals surface area contributed by atoms with Crippen molar-refractivity contribution in [2.24, 2.45) is 0 Å². The number of ketones is 1. The van der Waals surface area contributed by atoms with E-state index in [9.17, 15) is 14.4 Å². The zero-order chi connectivity index (χ0) is 22.2. The van der Waals surface area contributed by atoms with Crippen LogP contribution in [0.25, 0.3) is 0 Å². The molecule has 31 heavy (non-hydrogen) atoms. The van der Waals surface area contributed by atoms with E-state index in [0.29, 0.717) is 22.0 Å². The van der Waals surface area contributed by atoms with Gasteiger partial charge in [-0.05, 0) is 49.4 Å². The second-order valence-corrected chi connectivity index (χ2v) is 7.04. The summed E-state index contributed by atoms with van der Waals surface area (Å²) in [5.41, 5.74) is 2.02. The van der Waals surface area contributed by atoms with Gasteiger partial charge in [-0.2, -0.15) is 0 Å². The number of esters is 1. The topological polar surface area (TPSA) is 81.7 Å². The normalized spacial score (nSPS) is 10.3. The van der Waals surface area contributed by atoms with Gasteiger partial charge in [0.25, 0.3) is 5.91 Å². The molecule has 0 unspecified atom stereocenters. The lowest BCUT2D eigenvalue weighted by Crippen LogP contribution is -2.21. The quantitative estimate of drug-likeness (QED) is 0.399. The number of rotatable bonds is 8. The van der Waals surface area contributed by atoms with E-state index < -0.39 is 18.5 Å². The van der Waals surface area contributed by atoms with Crippen LogP contribution in [0.5, 0.6) is 5.75 Å². The number of Topliss-reactive ketones (excluding diaryl/α,β-unsaturated/α-hetero) is 1. The third kappa shape index (κ3) is 6.17. The Morgan fingerprint density at radius 3 is 2.29 bits per heavy atom. The zero-order valence-electron chi connectivity index (χ0n) is 16.8. The van der Waals surface area contributed by atoms with E-state index in [1.165, 1.54) is 6.92 Å². The highest BCUT2D eigenvalue weighted by molar-refractivity contribution is 6.31. The van der Waals surface area contributed by atoms with Crippen LogP contribution in [0.15, 0.2) is 72.8 Å². The second kappa shape index (κ2) is 10.4. The molecule has 3 aromatic rings. The number of carbonyl (C=O) groups is 3. The Morgan fingerprint density at radius 1 is 0.903 bits per heavy atom. The number of ether oxygens (including phenoxy) is 2. The maximum absolute atomic E-state index is 12.5. The fourth-order valence-electron chi connectivity index (χ4n) is 2.73. The van der Waals surface area contributed by atoms with Crippen LogP contribution in [0.2, 0.25) is 5.02 Å². The van der Waals surface area contributed by atoms with Gasteiger partial charge in [0.15, 0.2) is 12.4 Å². The maximum Gasteiger partial charge on any atom is 0.342 e. The lowest BCUT2D eigenvalue weighted by molar-refractivity contribution is -0.119. The minimum Gasteiger partial charge on any atom is -0.488 e. The molecule has 0 bridgehead atoms. The number of nitrogens with one attached hydrogen (secondary N) is 1. The summed E-state index contributed by atoms with van der Waals surface area (Å²) in [5.74, 6) is -0.926. The molecule has 158 valence electrons. The highest BCUT2D eigenvalue weighted by Crippen LogP contribution is 2.22. The van der Waals surface area contributed by atoms with Gasteiger partial charge in [-0.15, -0.1) is 0 Å². The minimum absolute atomic E-state index is 0.0674. The lowest BCUT2D eigenvalue weighted by atomic mass is 10.1. The largest absolute Gasteiger partial charge is 0.488 e. The third-order valence-corrected chi connectivity index (χ3v) is 4.73. The molecule has 0 spiro atoms. The average Bonchev–Trinajstić information content (AvgIpc) is 2.77. The van der Waals surface area contributed by atoms with Gasteiger partial charge in [-0.3, -0.25) is 9.59 Å². The standard InChI is InChI=1S/C24H20ClNO5/c1-16(27)17-10-12-19(13-11-17)26-23(28)15-31-24(29)20-7-3-5-9-22(20)30-14-18-6-2-4-8-21(18)25/h2-13H,14-15H2,1H3,(H,26,28). The molecule has 0 atom stereocenters. The molecular formula is C24H20ClNO5. The molecule has 0 saturated carbocycles. The van der Waals surface area contributed by atoms with E-state index in [1.807, 2.05) is 18.2 Å². The molecule has 0 aliphatic heterocycles. The molecule has 7 heteroatoms. The summed E-state index contributed by atoms with van der Waals surface area (Å²) in [5, 5.41) is 3.17. The number of benzene rings is 3. The molecule has 0 radical (unpaired) electrons. The van der Waals surface area contributed by atoms with Crippen molar-refractivity contribution >= 4 is 34.9 Å². The molecule has 0 aromatic heterocycles. The Balaban J connectivity index is 1.57. The van der Waals surface area contributed by atoms with Crippen LogP contribution in [-0.2, 0) is 16.1 Å². The predicted octanol–water partition coefficient (Wildman–Crippen LogP) is 4.92. The van der Waals surface area contributed by atoms with Crippen molar-refractivity contribution in [2.45, 2.75) is 13.5 Å². The SMILES string of the molecule is CC(=O)c1ccc(NC(=O)COC(=O)c2ccccc2OCc2ccccc2Cl)cc1. The first kappa shape index (κ1) is 22.1. The van der Waals surface area contributed by atoms with Crippen LogP contribution in [0, 0.1) is 0 Å².